The SMILES string of the molecule is CCSC(C)(C)C1CCCC1=O. The Morgan fingerprint density at radius 2 is 2.25 bits per heavy atom. The Labute approximate surface area is 79.3 Å². The van der Waals surface area contributed by atoms with Crippen LogP contribution in [-0.2, 0) is 4.79 Å². The summed E-state index contributed by atoms with van der Waals surface area (Å²) in [4.78, 5) is 11.5. The van der Waals surface area contributed by atoms with Gasteiger partial charge in [0.05, 0.1) is 0 Å². The summed E-state index contributed by atoms with van der Waals surface area (Å²) in [5.74, 6) is 1.92. The molecule has 0 aromatic carbocycles. The fourth-order valence-corrected chi connectivity index (χ4v) is 3.22. The first-order valence-corrected chi connectivity index (χ1v) is 5.73. The first-order valence-electron chi connectivity index (χ1n) is 4.74. The van der Waals surface area contributed by atoms with Crippen LogP contribution in [0.15, 0.2) is 0 Å². The number of hydrogen-bond acceptors (Lipinski definition) is 2. The molecule has 0 aromatic heterocycles. The molecule has 1 fully saturated rings. The lowest BCUT2D eigenvalue weighted by Gasteiger charge is -2.29. The predicted molar refractivity (Wildman–Crippen MR) is 54.6 cm³/mol. The molecule has 0 aliphatic heterocycles. The molecule has 0 bridgehead atoms. The van der Waals surface area contributed by atoms with Crippen molar-refractivity contribution in [3.05, 3.63) is 0 Å². The van der Waals surface area contributed by atoms with Crippen molar-refractivity contribution in [2.24, 2.45) is 5.92 Å². The third-order valence-electron chi connectivity index (χ3n) is 2.66. The standard InChI is InChI=1S/C10H18OS/c1-4-12-10(2,3)8-6-5-7-9(8)11/h8H,4-7H2,1-3H3. The van der Waals surface area contributed by atoms with E-state index in [-0.39, 0.29) is 4.75 Å². The van der Waals surface area contributed by atoms with Crippen LogP contribution in [0, 0.1) is 5.92 Å². The molecule has 0 amide bonds. The lowest BCUT2D eigenvalue weighted by molar-refractivity contribution is -0.121. The van der Waals surface area contributed by atoms with Gasteiger partial charge in [-0.2, -0.15) is 11.8 Å². The number of carbonyl (C=O) groups is 1. The molecule has 0 spiro atoms. The Kier molecular flexibility index (Phi) is 3.22. The Bertz CT molecular complexity index is 175. The maximum atomic E-state index is 11.5. The van der Waals surface area contributed by atoms with Crippen LogP contribution in [0.1, 0.15) is 40.0 Å². The van der Waals surface area contributed by atoms with Crippen LogP contribution in [0.25, 0.3) is 0 Å². The Hall–Kier alpha value is 0.0200. The Balaban J connectivity index is 2.60. The van der Waals surface area contributed by atoms with Crippen molar-refractivity contribution in [2.75, 3.05) is 5.75 Å². The monoisotopic (exact) mass is 186 g/mol. The lowest BCUT2D eigenvalue weighted by atomic mass is 9.93. The van der Waals surface area contributed by atoms with Crippen molar-refractivity contribution in [2.45, 2.75) is 44.8 Å². The Morgan fingerprint density at radius 3 is 2.67 bits per heavy atom. The lowest BCUT2D eigenvalue weighted by Crippen LogP contribution is -2.30. The zero-order chi connectivity index (χ0) is 9.19. The van der Waals surface area contributed by atoms with Crippen molar-refractivity contribution < 1.29 is 4.79 Å². The topological polar surface area (TPSA) is 17.1 Å². The molecular formula is C10H18OS. The van der Waals surface area contributed by atoms with E-state index in [1.165, 1.54) is 0 Å². The van der Waals surface area contributed by atoms with Crippen LogP contribution in [0.4, 0.5) is 0 Å². The van der Waals surface area contributed by atoms with Crippen LogP contribution < -0.4 is 0 Å². The van der Waals surface area contributed by atoms with Gasteiger partial charge >= 0.3 is 0 Å². The van der Waals surface area contributed by atoms with Gasteiger partial charge in [-0.1, -0.05) is 20.8 Å². The van der Waals surface area contributed by atoms with Crippen LogP contribution in [0.5, 0.6) is 0 Å². The summed E-state index contributed by atoms with van der Waals surface area (Å²) in [6.07, 6.45) is 3.04. The molecule has 1 atom stereocenters. The molecular weight excluding hydrogens is 168 g/mol. The molecule has 0 heterocycles. The molecule has 0 saturated heterocycles. The average molecular weight is 186 g/mol. The maximum Gasteiger partial charge on any atom is 0.137 e. The van der Waals surface area contributed by atoms with Crippen molar-refractivity contribution in [1.29, 1.82) is 0 Å². The number of thioether (sulfide) groups is 1. The van der Waals surface area contributed by atoms with E-state index in [0.29, 0.717) is 11.7 Å². The van der Waals surface area contributed by atoms with Gasteiger partial charge in [0.25, 0.3) is 0 Å². The summed E-state index contributed by atoms with van der Waals surface area (Å²) < 4.78 is 0.169. The molecule has 1 unspecified atom stereocenters. The second kappa shape index (κ2) is 3.82. The van der Waals surface area contributed by atoms with E-state index < -0.39 is 0 Å². The van der Waals surface area contributed by atoms with Crippen LogP contribution in [0.3, 0.4) is 0 Å². The molecule has 0 radical (unpaired) electrons. The second-order valence-electron chi connectivity index (χ2n) is 3.95. The highest BCUT2D eigenvalue weighted by molar-refractivity contribution is 8.00. The quantitative estimate of drug-likeness (QED) is 0.674. The van der Waals surface area contributed by atoms with Gasteiger partial charge < -0.3 is 0 Å². The summed E-state index contributed by atoms with van der Waals surface area (Å²) in [6.45, 7) is 6.57. The number of hydrogen-bond donors (Lipinski definition) is 0. The van der Waals surface area contributed by atoms with Gasteiger partial charge in [0.15, 0.2) is 0 Å². The van der Waals surface area contributed by atoms with Crippen molar-refractivity contribution in [3.63, 3.8) is 0 Å². The van der Waals surface area contributed by atoms with Crippen LogP contribution in [-0.4, -0.2) is 16.3 Å². The zero-order valence-corrected chi connectivity index (χ0v) is 9.04. The smallest absolute Gasteiger partial charge is 0.137 e. The van der Waals surface area contributed by atoms with Crippen LogP contribution in [0.2, 0.25) is 0 Å². The fraction of sp³-hybridized carbons (Fsp3) is 0.900. The van der Waals surface area contributed by atoms with Gasteiger partial charge in [0.1, 0.15) is 5.78 Å². The summed E-state index contributed by atoms with van der Waals surface area (Å²) >= 11 is 1.91. The maximum absolute atomic E-state index is 11.5. The number of carbonyl (C=O) groups excluding carboxylic acids is 1. The van der Waals surface area contributed by atoms with Gasteiger partial charge in [-0.25, -0.2) is 0 Å². The third kappa shape index (κ3) is 2.03. The van der Waals surface area contributed by atoms with E-state index in [4.69, 9.17) is 0 Å². The van der Waals surface area contributed by atoms with E-state index in [1.807, 2.05) is 11.8 Å². The highest BCUT2D eigenvalue weighted by Gasteiger charge is 2.37. The number of rotatable bonds is 3. The summed E-state index contributed by atoms with van der Waals surface area (Å²) in [7, 11) is 0. The molecule has 1 rings (SSSR count). The van der Waals surface area contributed by atoms with Gasteiger partial charge in [-0.15, -0.1) is 0 Å². The van der Waals surface area contributed by atoms with E-state index >= 15 is 0 Å². The molecule has 1 nitrogen and oxygen atoms in total. The summed E-state index contributed by atoms with van der Waals surface area (Å²) in [5, 5.41) is 0. The first kappa shape index (κ1) is 10.1. The van der Waals surface area contributed by atoms with E-state index in [0.717, 1.165) is 25.0 Å². The molecule has 1 aliphatic rings. The molecule has 1 aliphatic carbocycles. The Morgan fingerprint density at radius 1 is 1.58 bits per heavy atom. The minimum Gasteiger partial charge on any atom is -0.299 e. The minimum absolute atomic E-state index is 0.169. The summed E-state index contributed by atoms with van der Waals surface area (Å²) in [6, 6.07) is 0. The highest BCUT2D eigenvalue weighted by Crippen LogP contribution is 2.39. The second-order valence-corrected chi connectivity index (χ2v) is 5.87. The van der Waals surface area contributed by atoms with Gasteiger partial charge in [-0.05, 0) is 18.6 Å². The van der Waals surface area contributed by atoms with Crippen molar-refractivity contribution in [3.8, 4) is 0 Å². The minimum atomic E-state index is 0.169. The molecule has 70 valence electrons. The number of Topliss-reactive ketones (excluding diaryl/α,β-unsaturated/α-hetero) is 1. The molecule has 2 heteroatoms. The zero-order valence-electron chi connectivity index (χ0n) is 8.22. The number of ketones is 1. The van der Waals surface area contributed by atoms with Crippen molar-refractivity contribution >= 4 is 17.5 Å². The largest absolute Gasteiger partial charge is 0.299 e. The van der Waals surface area contributed by atoms with E-state index in [1.54, 1.807) is 0 Å². The molecule has 0 N–H and O–H groups in total. The molecule has 0 aromatic rings. The van der Waals surface area contributed by atoms with Gasteiger partial charge in [0.2, 0.25) is 0 Å². The molecule has 12 heavy (non-hydrogen) atoms. The van der Waals surface area contributed by atoms with Crippen LogP contribution >= 0.6 is 11.8 Å². The first-order chi connectivity index (χ1) is 5.58. The van der Waals surface area contributed by atoms with Gasteiger partial charge in [0, 0.05) is 17.1 Å². The average Bonchev–Trinajstić information content (AvgIpc) is 2.35. The van der Waals surface area contributed by atoms with E-state index in [2.05, 4.69) is 20.8 Å². The van der Waals surface area contributed by atoms with Gasteiger partial charge in [-0.3, -0.25) is 4.79 Å². The highest BCUT2D eigenvalue weighted by atomic mass is 32.2. The normalized spacial score (nSPS) is 24.9. The van der Waals surface area contributed by atoms with Crippen molar-refractivity contribution in [1.82, 2.24) is 0 Å². The fourth-order valence-electron chi connectivity index (χ4n) is 2.02. The summed E-state index contributed by atoms with van der Waals surface area (Å²) in [5.41, 5.74) is 0. The third-order valence-corrected chi connectivity index (χ3v) is 3.98. The predicted octanol–water partition coefficient (Wildman–Crippen LogP) is 2.89. The molecule has 1 saturated carbocycles. The van der Waals surface area contributed by atoms with E-state index in [9.17, 15) is 4.79 Å².